The Labute approximate surface area is 235 Å². The largest absolute Gasteiger partial charge is 0.472 e. The molecule has 0 bridgehead atoms. The van der Waals surface area contributed by atoms with Gasteiger partial charge in [-0.1, -0.05) is 6.08 Å². The van der Waals surface area contributed by atoms with Gasteiger partial charge in [-0.25, -0.2) is 24.1 Å². The van der Waals surface area contributed by atoms with Crippen molar-refractivity contribution in [3.63, 3.8) is 0 Å². The second-order valence-electron chi connectivity index (χ2n) is 9.56. The second-order valence-corrected chi connectivity index (χ2v) is 12.2. The number of aromatic nitrogens is 4. The van der Waals surface area contributed by atoms with Crippen molar-refractivity contribution in [3.05, 3.63) is 24.8 Å². The van der Waals surface area contributed by atoms with Gasteiger partial charge in [-0.15, -0.1) is 0 Å². The van der Waals surface area contributed by atoms with E-state index in [1.807, 2.05) is 0 Å². The topological polar surface area (TPSA) is 304 Å². The molecule has 2 fully saturated rings. The van der Waals surface area contributed by atoms with Crippen LogP contribution in [0.1, 0.15) is 12.6 Å². The number of nitrogens with two attached hydrogens (primary N) is 1. The zero-order valence-corrected chi connectivity index (χ0v) is 23.1. The summed E-state index contributed by atoms with van der Waals surface area (Å²) in [6, 6.07) is 0. The first-order valence-corrected chi connectivity index (χ1v) is 15.3. The number of hydrogen-bond donors (Lipinski definition) is 8. The Bertz CT molecular complexity index is 1480. The summed E-state index contributed by atoms with van der Waals surface area (Å²) in [5.74, 6) is -1.61. The molecule has 0 spiro atoms. The van der Waals surface area contributed by atoms with Crippen molar-refractivity contribution < 1.29 is 61.9 Å². The van der Waals surface area contributed by atoms with Crippen LogP contribution in [-0.2, 0) is 37.0 Å². The van der Waals surface area contributed by atoms with Gasteiger partial charge < -0.3 is 45.4 Å². The SMILES string of the molecule is N=C1C=CC([C@H]2C[C@H](OP(=O)(O)OC[C@H]3O[C@@H](n4cnc5c(N)ncnc54)[C@H](O)[C@@H]3O)[C@@H](COP(=O)(O)O)O2)C(=O)N1. The van der Waals surface area contributed by atoms with E-state index in [0.29, 0.717) is 0 Å². The standard InChI is InChI=1S/C20H27N7O13P2/c21-13-2-1-8(19(30)26-13)9-3-10(11(38-9)4-36-41(31,32)33)40-42(34,35)37-5-12-15(28)16(29)20(39-12)27-7-25-14-17(22)23-6-24-18(14)27/h1-2,6-12,15-16,20,28-29H,3-5H2,(H,34,35)(H2,21,26,30)(H2,22,23,24)(H2,31,32,33)/t8?,9-,10+,11-,12-,15-,16-,20-/m1/s1. The number of imidazole rings is 1. The molecule has 5 rings (SSSR count). The lowest BCUT2D eigenvalue weighted by atomic mass is 9.95. The van der Waals surface area contributed by atoms with E-state index in [1.54, 1.807) is 0 Å². The van der Waals surface area contributed by atoms with Crippen LogP contribution < -0.4 is 11.1 Å². The molecule has 2 aromatic heterocycles. The molecule has 230 valence electrons. The fraction of sp³-hybridized carbons (Fsp3) is 0.550. The van der Waals surface area contributed by atoms with Crippen LogP contribution >= 0.6 is 15.6 Å². The van der Waals surface area contributed by atoms with Crippen LogP contribution in [0.2, 0.25) is 0 Å². The number of phosphoric acid groups is 2. The Morgan fingerprint density at radius 1 is 1.10 bits per heavy atom. The van der Waals surface area contributed by atoms with E-state index in [1.165, 1.54) is 29.4 Å². The molecule has 2 aromatic rings. The summed E-state index contributed by atoms with van der Waals surface area (Å²) in [4.78, 5) is 52.9. The Morgan fingerprint density at radius 3 is 2.55 bits per heavy atom. The monoisotopic (exact) mass is 635 g/mol. The maximum absolute atomic E-state index is 12.9. The lowest BCUT2D eigenvalue weighted by molar-refractivity contribution is -0.127. The van der Waals surface area contributed by atoms with Gasteiger partial charge in [0.05, 0.1) is 31.6 Å². The Kier molecular flexibility index (Phi) is 8.61. The third-order valence-corrected chi connectivity index (χ3v) is 8.23. The highest BCUT2D eigenvalue weighted by Gasteiger charge is 2.48. The number of nitrogens with zero attached hydrogens (tertiary/aromatic N) is 4. The van der Waals surface area contributed by atoms with Gasteiger partial charge in [0.25, 0.3) is 0 Å². The molecule has 0 radical (unpaired) electrons. The summed E-state index contributed by atoms with van der Waals surface area (Å²) < 4.78 is 51.5. The van der Waals surface area contributed by atoms with E-state index in [4.69, 9.17) is 39.5 Å². The van der Waals surface area contributed by atoms with Gasteiger partial charge in [0.1, 0.15) is 48.2 Å². The minimum Gasteiger partial charge on any atom is -0.387 e. The van der Waals surface area contributed by atoms with Gasteiger partial charge in [0.2, 0.25) is 5.91 Å². The van der Waals surface area contributed by atoms with Gasteiger partial charge in [-0.3, -0.25) is 28.3 Å². The van der Waals surface area contributed by atoms with Gasteiger partial charge in [0, 0.05) is 6.42 Å². The molecule has 9 N–H and O–H groups in total. The highest BCUT2D eigenvalue weighted by Crippen LogP contribution is 2.49. The van der Waals surface area contributed by atoms with Crippen LogP contribution in [0.5, 0.6) is 0 Å². The lowest BCUT2D eigenvalue weighted by Gasteiger charge is -2.23. The highest BCUT2D eigenvalue weighted by atomic mass is 31.2. The number of phosphoric ester groups is 2. The predicted molar refractivity (Wildman–Crippen MR) is 136 cm³/mol. The summed E-state index contributed by atoms with van der Waals surface area (Å²) in [7, 11) is -9.93. The zero-order chi connectivity index (χ0) is 30.4. The normalized spacial score (nSPS) is 33.3. The molecule has 42 heavy (non-hydrogen) atoms. The van der Waals surface area contributed by atoms with Crippen molar-refractivity contribution in [3.8, 4) is 0 Å². The Hall–Kier alpha value is -2.71. The number of carbonyl (C=O) groups excluding carboxylic acids is 1. The quantitative estimate of drug-likeness (QED) is 0.132. The lowest BCUT2D eigenvalue weighted by Crippen LogP contribution is -2.42. The van der Waals surface area contributed by atoms with Gasteiger partial charge in [0.15, 0.2) is 17.7 Å². The third kappa shape index (κ3) is 6.60. The number of amidine groups is 1. The van der Waals surface area contributed by atoms with Crippen LogP contribution in [0.4, 0.5) is 5.82 Å². The van der Waals surface area contributed by atoms with Crippen LogP contribution in [0, 0.1) is 11.3 Å². The van der Waals surface area contributed by atoms with E-state index in [2.05, 4.69) is 24.8 Å². The van der Waals surface area contributed by atoms with E-state index in [0.717, 1.165) is 0 Å². The Balaban J connectivity index is 1.24. The maximum atomic E-state index is 12.9. The summed E-state index contributed by atoms with van der Waals surface area (Å²) in [5.41, 5.74) is 6.20. The number of aliphatic hydroxyl groups excluding tert-OH is 2. The molecular weight excluding hydrogens is 608 g/mol. The molecule has 1 amide bonds. The van der Waals surface area contributed by atoms with Gasteiger partial charge in [-0.05, 0) is 6.08 Å². The predicted octanol–water partition coefficient (Wildman–Crippen LogP) is -1.92. The first-order chi connectivity index (χ1) is 19.7. The van der Waals surface area contributed by atoms with Crippen molar-refractivity contribution >= 4 is 44.4 Å². The van der Waals surface area contributed by atoms with Crippen LogP contribution in [0.3, 0.4) is 0 Å². The average Bonchev–Trinajstić information content (AvgIpc) is 3.58. The molecule has 0 aromatic carbocycles. The minimum absolute atomic E-state index is 0.0762. The number of aliphatic hydroxyl groups is 2. The van der Waals surface area contributed by atoms with Crippen molar-refractivity contribution in [1.29, 1.82) is 5.41 Å². The fourth-order valence-corrected chi connectivity index (χ4v) is 6.07. The van der Waals surface area contributed by atoms with E-state index >= 15 is 0 Å². The van der Waals surface area contributed by atoms with Crippen LogP contribution in [0.25, 0.3) is 11.2 Å². The van der Waals surface area contributed by atoms with E-state index in [9.17, 15) is 29.0 Å². The van der Waals surface area contributed by atoms with E-state index in [-0.39, 0.29) is 29.2 Å². The molecule has 3 aliphatic rings. The summed E-state index contributed by atoms with van der Waals surface area (Å²) in [6.45, 7) is -1.49. The Morgan fingerprint density at radius 2 is 1.83 bits per heavy atom. The molecule has 22 heteroatoms. The number of nitrogen functional groups attached to an aromatic ring is 1. The van der Waals surface area contributed by atoms with Crippen LogP contribution in [0.15, 0.2) is 24.8 Å². The molecule has 3 aliphatic heterocycles. The number of fused-ring (bicyclic) bond motifs is 1. The summed E-state index contributed by atoms with van der Waals surface area (Å²) >= 11 is 0. The number of carbonyl (C=O) groups is 1. The van der Waals surface area contributed by atoms with Gasteiger partial charge in [-0.2, -0.15) is 0 Å². The number of rotatable bonds is 10. The molecular formula is C20H27N7O13P2. The van der Waals surface area contributed by atoms with E-state index < -0.39 is 83.5 Å². The van der Waals surface area contributed by atoms with Crippen molar-refractivity contribution in [2.45, 2.75) is 49.3 Å². The number of amides is 1. The minimum atomic E-state index is -4.97. The smallest absolute Gasteiger partial charge is 0.387 e. The molecule has 2 unspecified atom stereocenters. The first kappa shape index (κ1) is 30.7. The third-order valence-electron chi connectivity index (χ3n) is 6.74. The molecule has 0 aliphatic carbocycles. The van der Waals surface area contributed by atoms with Gasteiger partial charge >= 0.3 is 15.6 Å². The summed E-state index contributed by atoms with van der Waals surface area (Å²) in [6.07, 6.45) is -4.32. The molecule has 20 nitrogen and oxygen atoms in total. The zero-order valence-electron chi connectivity index (χ0n) is 21.3. The molecule has 0 saturated carbocycles. The average molecular weight is 635 g/mol. The first-order valence-electron chi connectivity index (χ1n) is 12.3. The maximum Gasteiger partial charge on any atom is 0.472 e. The molecule has 2 saturated heterocycles. The molecule has 5 heterocycles. The second kappa shape index (κ2) is 11.8. The molecule has 9 atom stereocenters. The van der Waals surface area contributed by atoms with Crippen LogP contribution in [-0.4, -0.2) is 106 Å². The number of ether oxygens (including phenoxy) is 2. The van der Waals surface area contributed by atoms with Crippen molar-refractivity contribution in [2.75, 3.05) is 18.9 Å². The number of hydrogen-bond acceptors (Lipinski definition) is 15. The van der Waals surface area contributed by atoms with Crippen molar-refractivity contribution in [1.82, 2.24) is 24.8 Å². The fourth-order valence-electron chi connectivity index (χ4n) is 4.77. The summed E-state index contributed by atoms with van der Waals surface area (Å²) in [5, 5.41) is 30.9. The number of nitrogens with one attached hydrogen (secondary N) is 2. The highest BCUT2D eigenvalue weighted by molar-refractivity contribution is 7.47. The number of anilines is 1. The van der Waals surface area contributed by atoms with Crippen molar-refractivity contribution in [2.24, 2.45) is 5.92 Å².